The summed E-state index contributed by atoms with van der Waals surface area (Å²) in [7, 11) is 0. The molecule has 136 valence electrons. The van der Waals surface area contributed by atoms with Gasteiger partial charge in [-0.1, -0.05) is 18.2 Å². The molecule has 1 aromatic rings. The lowest BCUT2D eigenvalue weighted by Gasteiger charge is -2.40. The molecule has 1 atom stereocenters. The zero-order chi connectivity index (χ0) is 17.1. The summed E-state index contributed by atoms with van der Waals surface area (Å²) in [6.07, 6.45) is 3.80. The van der Waals surface area contributed by atoms with Gasteiger partial charge in [0.15, 0.2) is 0 Å². The molecule has 5 nitrogen and oxygen atoms in total. The average molecular weight is 344 g/mol. The highest BCUT2D eigenvalue weighted by molar-refractivity contribution is 5.79. The molecule has 0 saturated carbocycles. The second-order valence-electron chi connectivity index (χ2n) is 7.35. The van der Waals surface area contributed by atoms with Gasteiger partial charge in [0.05, 0.1) is 19.8 Å². The van der Waals surface area contributed by atoms with Crippen molar-refractivity contribution in [2.24, 2.45) is 5.92 Å². The minimum Gasteiger partial charge on any atom is -0.493 e. The van der Waals surface area contributed by atoms with Gasteiger partial charge < -0.3 is 14.4 Å². The number of piperidine rings is 1. The zero-order valence-corrected chi connectivity index (χ0v) is 14.9. The Bertz CT molecular complexity index is 592. The molecule has 1 unspecified atom stereocenters. The van der Waals surface area contributed by atoms with Gasteiger partial charge in [0.25, 0.3) is 0 Å². The maximum atomic E-state index is 13.0. The molecule has 1 aromatic carbocycles. The molecule has 0 radical (unpaired) electrons. The largest absolute Gasteiger partial charge is 0.493 e. The second-order valence-corrected chi connectivity index (χ2v) is 7.35. The number of benzene rings is 1. The normalized spacial score (nSPS) is 25.8. The van der Waals surface area contributed by atoms with Gasteiger partial charge in [-0.3, -0.25) is 9.69 Å². The van der Waals surface area contributed by atoms with Crippen LogP contribution >= 0.6 is 0 Å². The highest BCUT2D eigenvalue weighted by atomic mass is 16.5. The Labute approximate surface area is 149 Å². The number of carbonyl (C=O) groups is 1. The summed E-state index contributed by atoms with van der Waals surface area (Å²) >= 11 is 0. The van der Waals surface area contributed by atoms with E-state index in [1.807, 2.05) is 18.2 Å². The molecule has 1 amide bonds. The molecule has 0 N–H and O–H groups in total. The van der Waals surface area contributed by atoms with Gasteiger partial charge in [-0.2, -0.15) is 0 Å². The fraction of sp³-hybridized carbons (Fsp3) is 0.650. The molecule has 25 heavy (non-hydrogen) atoms. The van der Waals surface area contributed by atoms with E-state index in [4.69, 9.17) is 9.47 Å². The molecular weight excluding hydrogens is 316 g/mol. The van der Waals surface area contributed by atoms with Crippen molar-refractivity contribution >= 4 is 5.91 Å². The fourth-order valence-corrected chi connectivity index (χ4v) is 4.35. The van der Waals surface area contributed by atoms with Crippen molar-refractivity contribution in [2.75, 3.05) is 46.0 Å². The van der Waals surface area contributed by atoms with E-state index < -0.39 is 0 Å². The summed E-state index contributed by atoms with van der Waals surface area (Å²) in [5.41, 5.74) is 1.17. The molecule has 0 aromatic heterocycles. The van der Waals surface area contributed by atoms with Gasteiger partial charge in [-0.05, 0) is 37.3 Å². The Kier molecular flexibility index (Phi) is 5.22. The molecule has 2 fully saturated rings. The third-order valence-electron chi connectivity index (χ3n) is 5.85. The van der Waals surface area contributed by atoms with Crippen LogP contribution in [0.2, 0.25) is 0 Å². The first-order valence-electron chi connectivity index (χ1n) is 9.62. The van der Waals surface area contributed by atoms with Gasteiger partial charge >= 0.3 is 0 Å². The highest BCUT2D eigenvalue weighted by Crippen LogP contribution is 2.28. The van der Waals surface area contributed by atoms with Crippen LogP contribution < -0.4 is 4.74 Å². The molecule has 5 heteroatoms. The predicted molar refractivity (Wildman–Crippen MR) is 95.7 cm³/mol. The number of para-hydroxylation sites is 1. The quantitative estimate of drug-likeness (QED) is 0.822. The summed E-state index contributed by atoms with van der Waals surface area (Å²) in [6, 6.07) is 8.74. The minimum atomic E-state index is 0.0589. The van der Waals surface area contributed by atoms with Crippen molar-refractivity contribution in [1.29, 1.82) is 0 Å². The first kappa shape index (κ1) is 16.9. The van der Waals surface area contributed by atoms with Crippen molar-refractivity contribution < 1.29 is 14.3 Å². The molecule has 0 spiro atoms. The summed E-state index contributed by atoms with van der Waals surface area (Å²) < 4.78 is 11.3. The summed E-state index contributed by atoms with van der Waals surface area (Å²) in [4.78, 5) is 17.7. The standard InChI is InChI=1S/C20H28N2O3/c23-20(17-7-12-25-19-4-2-1-3-16(19)15-17)22-8-5-18(6-9-22)21-10-13-24-14-11-21/h1-4,17-18H,5-15H2. The van der Waals surface area contributed by atoms with E-state index in [9.17, 15) is 4.79 Å². The number of amides is 1. The number of fused-ring (bicyclic) bond motifs is 1. The van der Waals surface area contributed by atoms with Gasteiger partial charge in [0, 0.05) is 38.1 Å². The van der Waals surface area contributed by atoms with Gasteiger partial charge in [0.1, 0.15) is 5.75 Å². The Morgan fingerprint density at radius 1 is 0.960 bits per heavy atom. The molecule has 3 aliphatic heterocycles. The molecular formula is C20H28N2O3. The summed E-state index contributed by atoms with van der Waals surface area (Å²) in [5.74, 6) is 1.33. The predicted octanol–water partition coefficient (Wildman–Crippen LogP) is 1.95. The first-order chi connectivity index (χ1) is 12.3. The van der Waals surface area contributed by atoms with E-state index >= 15 is 0 Å². The molecule has 2 saturated heterocycles. The van der Waals surface area contributed by atoms with Crippen molar-refractivity contribution in [1.82, 2.24) is 9.80 Å². The molecule has 3 heterocycles. The van der Waals surface area contributed by atoms with Gasteiger partial charge in [-0.25, -0.2) is 0 Å². The van der Waals surface area contributed by atoms with E-state index in [0.717, 1.165) is 70.8 Å². The number of nitrogens with zero attached hydrogens (tertiary/aromatic N) is 2. The number of likely N-dealkylation sites (tertiary alicyclic amines) is 1. The molecule has 3 aliphatic rings. The van der Waals surface area contributed by atoms with Crippen molar-refractivity contribution in [3.63, 3.8) is 0 Å². The van der Waals surface area contributed by atoms with Gasteiger partial charge in [-0.15, -0.1) is 0 Å². The first-order valence-corrected chi connectivity index (χ1v) is 9.62. The van der Waals surface area contributed by atoms with Crippen LogP contribution in [0.4, 0.5) is 0 Å². The minimum absolute atomic E-state index is 0.0589. The number of hydrogen-bond acceptors (Lipinski definition) is 4. The number of rotatable bonds is 2. The third kappa shape index (κ3) is 3.82. The van der Waals surface area contributed by atoms with E-state index in [2.05, 4.69) is 15.9 Å². The second kappa shape index (κ2) is 7.75. The molecule has 0 bridgehead atoms. The van der Waals surface area contributed by atoms with E-state index in [-0.39, 0.29) is 5.92 Å². The molecule has 4 rings (SSSR count). The van der Waals surface area contributed by atoms with E-state index in [1.165, 1.54) is 5.56 Å². The number of carbonyl (C=O) groups excluding carboxylic acids is 1. The lowest BCUT2D eigenvalue weighted by molar-refractivity contribution is -0.137. The topological polar surface area (TPSA) is 42.0 Å². The van der Waals surface area contributed by atoms with E-state index in [0.29, 0.717) is 18.6 Å². The lowest BCUT2D eigenvalue weighted by atomic mass is 9.94. The maximum Gasteiger partial charge on any atom is 0.226 e. The SMILES string of the molecule is O=C(C1CCOc2ccccc2C1)N1CCC(N2CCOCC2)CC1. The van der Waals surface area contributed by atoms with Crippen LogP contribution in [0.25, 0.3) is 0 Å². The van der Waals surface area contributed by atoms with E-state index in [1.54, 1.807) is 0 Å². The van der Waals surface area contributed by atoms with Crippen molar-refractivity contribution in [3.8, 4) is 5.75 Å². The van der Waals surface area contributed by atoms with Crippen molar-refractivity contribution in [3.05, 3.63) is 29.8 Å². The third-order valence-corrected chi connectivity index (χ3v) is 5.85. The number of ether oxygens (including phenoxy) is 2. The zero-order valence-electron chi connectivity index (χ0n) is 14.9. The lowest BCUT2D eigenvalue weighted by Crippen LogP contribution is -2.51. The van der Waals surface area contributed by atoms with Crippen LogP contribution in [0.3, 0.4) is 0 Å². The van der Waals surface area contributed by atoms with Crippen molar-refractivity contribution in [2.45, 2.75) is 31.7 Å². The summed E-state index contributed by atoms with van der Waals surface area (Å²) in [6.45, 7) is 6.18. The Balaban J connectivity index is 1.34. The van der Waals surface area contributed by atoms with Crippen LogP contribution in [0.1, 0.15) is 24.8 Å². The maximum absolute atomic E-state index is 13.0. The number of morpholine rings is 1. The van der Waals surface area contributed by atoms with Crippen LogP contribution in [-0.2, 0) is 16.0 Å². The van der Waals surface area contributed by atoms with Gasteiger partial charge in [0.2, 0.25) is 5.91 Å². The highest BCUT2D eigenvalue weighted by Gasteiger charge is 2.32. The van der Waals surface area contributed by atoms with Crippen LogP contribution in [0, 0.1) is 5.92 Å². The molecule has 0 aliphatic carbocycles. The Hall–Kier alpha value is -1.59. The average Bonchev–Trinajstić information content (AvgIpc) is 2.91. The Morgan fingerprint density at radius 2 is 1.72 bits per heavy atom. The number of hydrogen-bond donors (Lipinski definition) is 0. The monoisotopic (exact) mass is 344 g/mol. The Morgan fingerprint density at radius 3 is 2.52 bits per heavy atom. The fourth-order valence-electron chi connectivity index (χ4n) is 4.35. The van der Waals surface area contributed by atoms with Crippen LogP contribution in [-0.4, -0.2) is 67.7 Å². The van der Waals surface area contributed by atoms with Crippen LogP contribution in [0.5, 0.6) is 5.75 Å². The smallest absolute Gasteiger partial charge is 0.226 e. The van der Waals surface area contributed by atoms with Crippen LogP contribution in [0.15, 0.2) is 24.3 Å². The summed E-state index contributed by atoms with van der Waals surface area (Å²) in [5, 5.41) is 0.